The van der Waals surface area contributed by atoms with Crippen LogP contribution in [0.5, 0.6) is 0 Å². The summed E-state index contributed by atoms with van der Waals surface area (Å²) in [6.45, 7) is 0.552. The number of aliphatic hydroxyl groups is 1. The molecule has 108 valence electrons. The number of aryl methyl sites for hydroxylation is 2. The molecule has 1 aromatic heterocycles. The third-order valence-electron chi connectivity index (χ3n) is 3.65. The van der Waals surface area contributed by atoms with E-state index < -0.39 is 0 Å². The molecule has 1 heterocycles. The number of fused-ring (bicyclic) bond motifs is 1. The quantitative estimate of drug-likeness (QED) is 0.778. The molecule has 0 unspecified atom stereocenters. The molecule has 0 bridgehead atoms. The lowest BCUT2D eigenvalue weighted by Crippen LogP contribution is -2.05. The summed E-state index contributed by atoms with van der Waals surface area (Å²) in [5.74, 6) is -0.542. The van der Waals surface area contributed by atoms with E-state index in [1.807, 2.05) is 4.57 Å². The summed E-state index contributed by atoms with van der Waals surface area (Å²) in [5, 5.41) is 10.2. The Kier molecular flexibility index (Phi) is 3.71. The van der Waals surface area contributed by atoms with Crippen LogP contribution in [0.3, 0.4) is 0 Å². The lowest BCUT2D eigenvalue weighted by Gasteiger charge is -2.09. The van der Waals surface area contributed by atoms with Gasteiger partial charge in [-0.3, -0.25) is 0 Å². The zero-order valence-electron chi connectivity index (χ0n) is 11.4. The summed E-state index contributed by atoms with van der Waals surface area (Å²) < 4.78 is 28.1. The van der Waals surface area contributed by atoms with Crippen molar-refractivity contribution in [3.05, 3.63) is 71.4 Å². The largest absolute Gasteiger partial charge is 0.390 e. The van der Waals surface area contributed by atoms with Crippen molar-refractivity contribution in [2.75, 3.05) is 0 Å². The Morgan fingerprint density at radius 1 is 0.905 bits per heavy atom. The molecule has 0 aliphatic rings. The summed E-state index contributed by atoms with van der Waals surface area (Å²) in [5.41, 5.74) is 2.66. The molecule has 2 nitrogen and oxygen atoms in total. The van der Waals surface area contributed by atoms with Crippen LogP contribution in [-0.4, -0.2) is 9.67 Å². The van der Waals surface area contributed by atoms with Gasteiger partial charge in [-0.05, 0) is 48.4 Å². The van der Waals surface area contributed by atoms with Gasteiger partial charge in [-0.2, -0.15) is 0 Å². The Morgan fingerprint density at radius 3 is 2.33 bits per heavy atom. The van der Waals surface area contributed by atoms with Crippen LogP contribution < -0.4 is 0 Å². The van der Waals surface area contributed by atoms with Gasteiger partial charge in [-0.15, -0.1) is 0 Å². The highest BCUT2D eigenvalue weighted by molar-refractivity contribution is 5.81. The van der Waals surface area contributed by atoms with E-state index in [2.05, 4.69) is 0 Å². The van der Waals surface area contributed by atoms with Crippen molar-refractivity contribution in [1.82, 2.24) is 4.57 Å². The Balaban J connectivity index is 1.90. The molecule has 0 amide bonds. The zero-order chi connectivity index (χ0) is 14.8. The van der Waals surface area contributed by atoms with Crippen LogP contribution in [0, 0.1) is 11.6 Å². The normalized spacial score (nSPS) is 11.2. The highest BCUT2D eigenvalue weighted by Crippen LogP contribution is 2.22. The van der Waals surface area contributed by atoms with Crippen molar-refractivity contribution in [3.8, 4) is 0 Å². The minimum Gasteiger partial charge on any atom is -0.390 e. The van der Waals surface area contributed by atoms with E-state index in [0.717, 1.165) is 22.2 Å². The number of nitrogens with zero attached hydrogens (tertiary/aromatic N) is 1. The lowest BCUT2D eigenvalue weighted by molar-refractivity contribution is 0.271. The maximum atomic E-state index is 13.3. The molecule has 1 N–H and O–H groups in total. The summed E-state index contributed by atoms with van der Waals surface area (Å²) in [6.07, 6.45) is 0.717. The summed E-state index contributed by atoms with van der Waals surface area (Å²) in [7, 11) is 0. The van der Waals surface area contributed by atoms with E-state index in [-0.39, 0.29) is 18.2 Å². The lowest BCUT2D eigenvalue weighted by atomic mass is 10.1. The Labute approximate surface area is 121 Å². The van der Waals surface area contributed by atoms with Gasteiger partial charge in [-0.1, -0.05) is 12.1 Å². The van der Waals surface area contributed by atoms with Crippen molar-refractivity contribution in [3.63, 3.8) is 0 Å². The molecule has 0 atom stereocenters. The predicted molar refractivity (Wildman–Crippen MR) is 77.9 cm³/mol. The molecule has 0 saturated carbocycles. The fourth-order valence-electron chi connectivity index (χ4n) is 2.59. The maximum Gasteiger partial charge on any atom is 0.123 e. The standard InChI is InChI=1S/C17H15F2NO/c18-14-3-1-12(2-4-14)7-8-20-16(11-21)10-13-9-15(19)5-6-17(13)20/h1-6,9-10,21H,7-8,11H2. The first-order valence-electron chi connectivity index (χ1n) is 6.80. The first-order chi connectivity index (χ1) is 10.2. The van der Waals surface area contributed by atoms with Gasteiger partial charge in [0, 0.05) is 23.1 Å². The second kappa shape index (κ2) is 5.66. The number of hydrogen-bond acceptors (Lipinski definition) is 1. The Morgan fingerprint density at radius 2 is 1.62 bits per heavy atom. The van der Waals surface area contributed by atoms with Crippen molar-refractivity contribution in [2.24, 2.45) is 0 Å². The van der Waals surface area contributed by atoms with Crippen molar-refractivity contribution < 1.29 is 13.9 Å². The number of aromatic nitrogens is 1. The third kappa shape index (κ3) is 2.81. The fraction of sp³-hybridized carbons (Fsp3) is 0.176. The molecule has 0 aliphatic heterocycles. The van der Waals surface area contributed by atoms with Gasteiger partial charge in [0.15, 0.2) is 0 Å². The molecular weight excluding hydrogens is 272 g/mol. The van der Waals surface area contributed by atoms with E-state index in [0.29, 0.717) is 13.0 Å². The molecule has 0 spiro atoms. The zero-order valence-corrected chi connectivity index (χ0v) is 11.4. The topological polar surface area (TPSA) is 25.2 Å². The van der Waals surface area contributed by atoms with Crippen molar-refractivity contribution in [1.29, 1.82) is 0 Å². The highest BCUT2D eigenvalue weighted by Gasteiger charge is 2.09. The first-order valence-corrected chi connectivity index (χ1v) is 6.80. The highest BCUT2D eigenvalue weighted by atomic mass is 19.1. The average molecular weight is 287 g/mol. The van der Waals surface area contributed by atoms with Crippen LogP contribution in [0.25, 0.3) is 10.9 Å². The summed E-state index contributed by atoms with van der Waals surface area (Å²) in [4.78, 5) is 0. The molecule has 4 heteroatoms. The Bertz CT molecular complexity index is 762. The van der Waals surface area contributed by atoms with Crippen molar-refractivity contribution >= 4 is 10.9 Å². The van der Waals surface area contributed by atoms with Crippen LogP contribution in [-0.2, 0) is 19.6 Å². The summed E-state index contributed by atoms with van der Waals surface area (Å²) >= 11 is 0. The maximum absolute atomic E-state index is 13.3. The molecule has 0 aliphatic carbocycles. The number of benzene rings is 2. The van der Waals surface area contributed by atoms with Crippen LogP contribution in [0.2, 0.25) is 0 Å². The second-order valence-electron chi connectivity index (χ2n) is 5.03. The van der Waals surface area contributed by atoms with Gasteiger partial charge in [-0.25, -0.2) is 8.78 Å². The van der Waals surface area contributed by atoms with E-state index in [1.54, 1.807) is 24.3 Å². The van der Waals surface area contributed by atoms with Crippen LogP contribution in [0.15, 0.2) is 48.5 Å². The van der Waals surface area contributed by atoms with Crippen LogP contribution in [0.4, 0.5) is 8.78 Å². The fourth-order valence-corrected chi connectivity index (χ4v) is 2.59. The van der Waals surface area contributed by atoms with E-state index in [1.165, 1.54) is 24.3 Å². The van der Waals surface area contributed by atoms with E-state index >= 15 is 0 Å². The number of rotatable bonds is 4. The van der Waals surface area contributed by atoms with Gasteiger partial charge in [0.05, 0.1) is 6.61 Å². The molecule has 2 aromatic carbocycles. The predicted octanol–water partition coefficient (Wildman–Crippen LogP) is 3.65. The smallest absolute Gasteiger partial charge is 0.123 e. The molecule has 3 rings (SSSR count). The number of halogens is 2. The van der Waals surface area contributed by atoms with Gasteiger partial charge in [0.1, 0.15) is 11.6 Å². The number of hydrogen-bond donors (Lipinski definition) is 1. The molecule has 3 aromatic rings. The molecular formula is C17H15F2NO. The number of aliphatic hydroxyl groups excluding tert-OH is 1. The van der Waals surface area contributed by atoms with E-state index in [9.17, 15) is 13.9 Å². The van der Waals surface area contributed by atoms with E-state index in [4.69, 9.17) is 0 Å². The van der Waals surface area contributed by atoms with Crippen LogP contribution in [0.1, 0.15) is 11.3 Å². The monoisotopic (exact) mass is 287 g/mol. The SMILES string of the molecule is OCc1cc2cc(F)ccc2n1CCc1ccc(F)cc1. The first kappa shape index (κ1) is 13.8. The average Bonchev–Trinajstić information content (AvgIpc) is 2.83. The molecule has 0 radical (unpaired) electrons. The minimum absolute atomic E-state index is 0.0975. The van der Waals surface area contributed by atoms with Gasteiger partial charge < -0.3 is 9.67 Å². The van der Waals surface area contributed by atoms with Crippen LogP contribution >= 0.6 is 0 Å². The Hall–Kier alpha value is -2.20. The van der Waals surface area contributed by atoms with Gasteiger partial charge >= 0.3 is 0 Å². The van der Waals surface area contributed by atoms with Gasteiger partial charge in [0.2, 0.25) is 0 Å². The molecule has 0 saturated heterocycles. The summed E-state index contributed by atoms with van der Waals surface area (Å²) in [6, 6.07) is 12.8. The molecule has 0 fully saturated rings. The second-order valence-corrected chi connectivity index (χ2v) is 5.03. The van der Waals surface area contributed by atoms with Crippen molar-refractivity contribution in [2.45, 2.75) is 19.6 Å². The van der Waals surface area contributed by atoms with Gasteiger partial charge in [0.25, 0.3) is 0 Å². The molecule has 21 heavy (non-hydrogen) atoms. The minimum atomic E-state index is -0.289. The third-order valence-corrected chi connectivity index (χ3v) is 3.65.